The SMILES string of the molecule is C=CCOC(=O)C1=C(C)Nc2nc(SCC)nn2C1c1cc(Br)c(OCc2ccc(Cl)c(Cl)c2)c(OCC)c1. The summed E-state index contributed by atoms with van der Waals surface area (Å²) in [5.74, 6) is 1.87. The van der Waals surface area contributed by atoms with Gasteiger partial charge in [0.25, 0.3) is 0 Å². The van der Waals surface area contributed by atoms with Crippen LogP contribution in [-0.2, 0) is 16.1 Å². The number of carbonyl (C=O) groups excluding carboxylic acids is 1. The summed E-state index contributed by atoms with van der Waals surface area (Å²) >= 11 is 17.4. The highest BCUT2D eigenvalue weighted by molar-refractivity contribution is 9.10. The van der Waals surface area contributed by atoms with Crippen LogP contribution in [-0.4, -0.2) is 39.7 Å². The molecule has 3 aromatic rings. The number of nitrogens with zero attached hydrogens (tertiary/aromatic N) is 3. The van der Waals surface area contributed by atoms with Crippen molar-refractivity contribution in [3.63, 3.8) is 0 Å². The van der Waals surface area contributed by atoms with Crippen LogP contribution in [0, 0.1) is 0 Å². The molecule has 39 heavy (non-hydrogen) atoms. The summed E-state index contributed by atoms with van der Waals surface area (Å²) < 4.78 is 19.9. The van der Waals surface area contributed by atoms with Crippen LogP contribution in [0.5, 0.6) is 11.5 Å². The highest BCUT2D eigenvalue weighted by atomic mass is 79.9. The van der Waals surface area contributed by atoms with Crippen molar-refractivity contribution in [2.24, 2.45) is 0 Å². The van der Waals surface area contributed by atoms with Crippen LogP contribution < -0.4 is 14.8 Å². The van der Waals surface area contributed by atoms with Crippen molar-refractivity contribution in [3.8, 4) is 11.5 Å². The average Bonchev–Trinajstić information content (AvgIpc) is 3.30. The molecule has 0 radical (unpaired) electrons. The Balaban J connectivity index is 1.77. The Kier molecular flexibility index (Phi) is 9.87. The zero-order valence-electron chi connectivity index (χ0n) is 21.6. The summed E-state index contributed by atoms with van der Waals surface area (Å²) in [5.41, 5.74) is 2.61. The maximum Gasteiger partial charge on any atom is 0.338 e. The molecule has 2 heterocycles. The van der Waals surface area contributed by atoms with Crippen LogP contribution in [0.3, 0.4) is 0 Å². The Hall–Kier alpha value is -2.66. The van der Waals surface area contributed by atoms with Crippen LogP contribution in [0.2, 0.25) is 10.0 Å². The van der Waals surface area contributed by atoms with Crippen molar-refractivity contribution in [1.29, 1.82) is 0 Å². The van der Waals surface area contributed by atoms with E-state index in [-0.39, 0.29) is 13.2 Å². The Morgan fingerprint density at radius 1 is 1.23 bits per heavy atom. The van der Waals surface area contributed by atoms with Crippen molar-refractivity contribution in [2.45, 2.75) is 38.6 Å². The van der Waals surface area contributed by atoms with Gasteiger partial charge in [-0.2, -0.15) is 4.98 Å². The molecule has 1 aromatic heterocycles. The highest BCUT2D eigenvalue weighted by Gasteiger charge is 2.36. The van der Waals surface area contributed by atoms with Crippen LogP contribution in [0.25, 0.3) is 0 Å². The number of allylic oxidation sites excluding steroid dienone is 1. The molecule has 1 aliphatic heterocycles. The maximum absolute atomic E-state index is 13.2. The number of hydrogen-bond donors (Lipinski definition) is 1. The monoisotopic (exact) mass is 652 g/mol. The summed E-state index contributed by atoms with van der Waals surface area (Å²) in [6.07, 6.45) is 1.53. The molecule has 0 aliphatic carbocycles. The van der Waals surface area contributed by atoms with E-state index in [9.17, 15) is 4.79 Å². The topological polar surface area (TPSA) is 87.5 Å². The van der Waals surface area contributed by atoms with E-state index in [4.69, 9.17) is 42.5 Å². The lowest BCUT2D eigenvalue weighted by molar-refractivity contribution is -0.138. The van der Waals surface area contributed by atoms with Gasteiger partial charge in [-0.05, 0) is 70.9 Å². The van der Waals surface area contributed by atoms with Gasteiger partial charge in [0, 0.05) is 5.70 Å². The fourth-order valence-electron chi connectivity index (χ4n) is 4.04. The van der Waals surface area contributed by atoms with Crippen LogP contribution >= 0.6 is 50.9 Å². The van der Waals surface area contributed by atoms with Crippen molar-refractivity contribution in [1.82, 2.24) is 14.8 Å². The molecule has 8 nitrogen and oxygen atoms in total. The van der Waals surface area contributed by atoms with Gasteiger partial charge < -0.3 is 19.5 Å². The van der Waals surface area contributed by atoms with Crippen molar-refractivity contribution >= 4 is 62.8 Å². The molecular weight excluding hydrogens is 627 g/mol. The predicted molar refractivity (Wildman–Crippen MR) is 158 cm³/mol. The smallest absolute Gasteiger partial charge is 0.338 e. The predicted octanol–water partition coefficient (Wildman–Crippen LogP) is 7.46. The van der Waals surface area contributed by atoms with Crippen molar-refractivity contribution < 1.29 is 19.0 Å². The minimum absolute atomic E-state index is 0.0822. The Bertz CT molecular complexity index is 1430. The molecule has 206 valence electrons. The number of aromatic nitrogens is 3. The second-order valence-electron chi connectivity index (χ2n) is 8.35. The van der Waals surface area contributed by atoms with Crippen molar-refractivity contribution in [2.75, 3.05) is 24.3 Å². The first-order valence-corrected chi connectivity index (χ1v) is 14.7. The molecule has 1 unspecified atom stereocenters. The Morgan fingerprint density at radius 3 is 2.72 bits per heavy atom. The normalized spacial score (nSPS) is 14.5. The maximum atomic E-state index is 13.2. The number of halogens is 3. The second kappa shape index (κ2) is 13.1. The number of fused-ring (bicyclic) bond motifs is 1. The molecule has 0 saturated heterocycles. The summed E-state index contributed by atoms with van der Waals surface area (Å²) in [7, 11) is 0. The molecule has 1 N–H and O–H groups in total. The zero-order valence-corrected chi connectivity index (χ0v) is 25.5. The van der Waals surface area contributed by atoms with Gasteiger partial charge in [0.2, 0.25) is 11.1 Å². The molecule has 4 rings (SSSR count). The van der Waals surface area contributed by atoms with Gasteiger partial charge >= 0.3 is 5.97 Å². The first-order chi connectivity index (χ1) is 18.8. The summed E-state index contributed by atoms with van der Waals surface area (Å²) in [6, 6.07) is 8.43. The van der Waals surface area contributed by atoms with Crippen LogP contribution in [0.4, 0.5) is 5.95 Å². The molecule has 1 atom stereocenters. The highest BCUT2D eigenvalue weighted by Crippen LogP contribution is 2.43. The quantitative estimate of drug-likeness (QED) is 0.130. The lowest BCUT2D eigenvalue weighted by Gasteiger charge is -2.29. The largest absolute Gasteiger partial charge is 0.490 e. The van der Waals surface area contributed by atoms with E-state index in [0.717, 1.165) is 16.9 Å². The number of carbonyl (C=O) groups is 1. The molecule has 2 aromatic carbocycles. The van der Waals surface area contributed by atoms with E-state index in [0.29, 0.717) is 55.0 Å². The fourth-order valence-corrected chi connectivity index (χ4v) is 5.49. The van der Waals surface area contributed by atoms with E-state index in [2.05, 4.69) is 32.8 Å². The summed E-state index contributed by atoms with van der Waals surface area (Å²) in [5, 5.41) is 9.42. The molecular formula is C27H27BrCl2N4O4S. The standard InChI is InChI=1S/C27H27BrCl2N4O4S/c1-5-10-37-25(35)22-15(4)31-26-32-27(39-7-3)33-34(26)23(22)17-12-18(28)24(21(13-17)36-6-2)38-14-16-8-9-19(29)20(30)11-16/h5,8-9,11-13,23H,1,6-7,10,14H2,2-4H3,(H,31,32,33). The van der Waals surface area contributed by atoms with Crippen molar-refractivity contribution in [3.05, 3.63) is 79.9 Å². The zero-order chi connectivity index (χ0) is 28.1. The Morgan fingerprint density at radius 2 is 2.03 bits per heavy atom. The van der Waals surface area contributed by atoms with E-state index >= 15 is 0 Å². The van der Waals surface area contributed by atoms with E-state index in [1.54, 1.807) is 16.8 Å². The molecule has 12 heteroatoms. The molecule has 0 bridgehead atoms. The minimum atomic E-state index is -0.628. The first-order valence-electron chi connectivity index (χ1n) is 12.1. The fraction of sp³-hybridized carbons (Fsp3) is 0.296. The van der Waals surface area contributed by atoms with Crippen LogP contribution in [0.15, 0.2) is 63.9 Å². The Labute approximate surface area is 249 Å². The van der Waals surface area contributed by atoms with Gasteiger partial charge in [0.15, 0.2) is 11.5 Å². The van der Waals surface area contributed by atoms with Gasteiger partial charge in [-0.1, -0.05) is 60.6 Å². The lowest BCUT2D eigenvalue weighted by atomic mass is 9.95. The number of anilines is 1. The molecule has 0 spiro atoms. The average molecular weight is 654 g/mol. The molecule has 0 amide bonds. The third-order valence-electron chi connectivity index (χ3n) is 5.67. The van der Waals surface area contributed by atoms with E-state index < -0.39 is 12.0 Å². The van der Waals surface area contributed by atoms with E-state index in [1.807, 2.05) is 39.0 Å². The number of ether oxygens (including phenoxy) is 3. The molecule has 0 fully saturated rings. The summed E-state index contributed by atoms with van der Waals surface area (Å²) in [6.45, 7) is 10.1. The third-order valence-corrected chi connectivity index (χ3v) is 7.72. The number of benzene rings is 2. The van der Waals surface area contributed by atoms with Gasteiger partial charge in [-0.25, -0.2) is 9.48 Å². The van der Waals surface area contributed by atoms with Gasteiger partial charge in [0.05, 0.1) is 26.7 Å². The number of hydrogen-bond acceptors (Lipinski definition) is 8. The number of esters is 1. The molecule has 1 aliphatic rings. The summed E-state index contributed by atoms with van der Waals surface area (Å²) in [4.78, 5) is 17.9. The number of thioether (sulfide) groups is 1. The number of nitrogens with one attached hydrogen (secondary N) is 1. The first kappa shape index (κ1) is 29.3. The van der Waals surface area contributed by atoms with Gasteiger partial charge in [0.1, 0.15) is 19.3 Å². The second-order valence-corrected chi connectivity index (χ2v) is 11.2. The van der Waals surface area contributed by atoms with Gasteiger partial charge in [-0.15, -0.1) is 5.10 Å². The van der Waals surface area contributed by atoms with E-state index in [1.165, 1.54) is 17.8 Å². The molecule has 0 saturated carbocycles. The third kappa shape index (κ3) is 6.57. The van der Waals surface area contributed by atoms with Gasteiger partial charge in [-0.3, -0.25) is 0 Å². The lowest BCUT2D eigenvalue weighted by Crippen LogP contribution is -2.29. The minimum Gasteiger partial charge on any atom is -0.490 e. The number of rotatable bonds is 11. The van der Waals surface area contributed by atoms with Crippen LogP contribution in [0.1, 0.15) is 37.9 Å².